The zero-order valence-corrected chi connectivity index (χ0v) is 51.5. The molecule has 2 atom stereocenters. The van der Waals surface area contributed by atoms with Crippen LogP contribution in [0.1, 0.15) is 386 Å². The van der Waals surface area contributed by atoms with Crippen molar-refractivity contribution in [2.24, 2.45) is 0 Å². The van der Waals surface area contributed by atoms with Gasteiger partial charge in [0.1, 0.15) is 0 Å². The lowest BCUT2D eigenvalue weighted by molar-refractivity contribution is -0.143. The molecule has 6 nitrogen and oxygen atoms in total. The molecule has 0 aromatic heterocycles. The van der Waals surface area contributed by atoms with Crippen molar-refractivity contribution in [2.75, 3.05) is 13.2 Å². The molecule has 3 N–H and O–H groups in total. The third-order valence-electron chi connectivity index (χ3n) is 16.2. The number of hydrogen-bond donors (Lipinski definition) is 3. The number of aliphatic hydroxyl groups excluding tert-OH is 2. The van der Waals surface area contributed by atoms with E-state index >= 15 is 0 Å². The van der Waals surface area contributed by atoms with Crippen LogP contribution in [0.5, 0.6) is 0 Å². The Bertz CT molecular complexity index is 1190. The third kappa shape index (κ3) is 61.6. The summed E-state index contributed by atoms with van der Waals surface area (Å²) < 4.78 is 5.50. The van der Waals surface area contributed by atoms with E-state index in [4.69, 9.17) is 4.74 Å². The maximum Gasteiger partial charge on any atom is 0.305 e. The first-order valence-corrected chi connectivity index (χ1v) is 34.6. The summed E-state index contributed by atoms with van der Waals surface area (Å²) in [4.78, 5) is 24.7. The molecule has 0 saturated heterocycles. The minimum atomic E-state index is -0.677. The first-order valence-electron chi connectivity index (χ1n) is 34.6. The van der Waals surface area contributed by atoms with Crippen LogP contribution in [-0.4, -0.2) is 47.4 Å². The van der Waals surface area contributed by atoms with Gasteiger partial charge in [0, 0.05) is 12.8 Å². The summed E-state index contributed by atoms with van der Waals surface area (Å²) in [7, 11) is 0. The maximum absolute atomic E-state index is 12.5. The van der Waals surface area contributed by atoms with E-state index in [0.29, 0.717) is 25.9 Å². The van der Waals surface area contributed by atoms with Gasteiger partial charge in [-0.2, -0.15) is 0 Å². The normalized spacial score (nSPS) is 12.6. The Balaban J connectivity index is 3.44. The fourth-order valence-corrected chi connectivity index (χ4v) is 10.9. The van der Waals surface area contributed by atoms with E-state index in [1.165, 1.54) is 289 Å². The van der Waals surface area contributed by atoms with E-state index < -0.39 is 12.1 Å². The highest BCUT2D eigenvalue weighted by atomic mass is 16.5. The number of allylic oxidation sites excluding steroid dienone is 4. The molecule has 0 aromatic rings. The first kappa shape index (κ1) is 74.3. The van der Waals surface area contributed by atoms with E-state index in [2.05, 4.69) is 43.5 Å². The molecule has 6 heteroatoms. The predicted octanol–water partition coefficient (Wildman–Crippen LogP) is 22.1. The number of esters is 1. The van der Waals surface area contributed by atoms with Crippen LogP contribution in [0.3, 0.4) is 0 Å². The zero-order valence-electron chi connectivity index (χ0n) is 51.5. The van der Waals surface area contributed by atoms with Crippen LogP contribution < -0.4 is 5.32 Å². The van der Waals surface area contributed by atoms with Crippen molar-refractivity contribution in [2.45, 2.75) is 398 Å². The minimum Gasteiger partial charge on any atom is -0.466 e. The first-order chi connectivity index (χ1) is 37.5. The second kappa shape index (κ2) is 65.9. The number of unbranched alkanes of at least 4 members (excludes halogenated alkanes) is 50. The number of amides is 1. The molecule has 0 bridgehead atoms. The number of ether oxygens (including phenoxy) is 1. The van der Waals surface area contributed by atoms with Gasteiger partial charge in [-0.25, -0.2) is 0 Å². The largest absolute Gasteiger partial charge is 0.466 e. The molecule has 76 heavy (non-hydrogen) atoms. The molecule has 1 amide bonds. The highest BCUT2D eigenvalue weighted by Gasteiger charge is 2.20. The molecule has 0 saturated carbocycles. The summed E-state index contributed by atoms with van der Waals surface area (Å²) in [5.74, 6) is -0.0497. The number of carbonyl (C=O) groups is 2. The Morgan fingerprint density at radius 1 is 0.355 bits per heavy atom. The summed E-state index contributed by atoms with van der Waals surface area (Å²) >= 11 is 0. The molecule has 0 rings (SSSR count). The van der Waals surface area contributed by atoms with Crippen LogP contribution in [0.15, 0.2) is 24.3 Å². The lowest BCUT2D eigenvalue weighted by atomic mass is 10.0. The highest BCUT2D eigenvalue weighted by Crippen LogP contribution is 2.19. The average molecular weight is 1070 g/mol. The number of carbonyl (C=O) groups excluding carboxylic acids is 2. The van der Waals surface area contributed by atoms with Gasteiger partial charge in [-0.1, -0.05) is 321 Å². The summed E-state index contributed by atoms with van der Waals surface area (Å²) in [6, 6.07) is -0.555. The Morgan fingerprint density at radius 2 is 0.618 bits per heavy atom. The predicted molar refractivity (Wildman–Crippen MR) is 333 cm³/mol. The standard InChI is InChI=1S/C70H135NO5/c1-3-5-7-9-11-13-15-17-19-21-23-24-25-26-27-29-30-34-38-42-46-50-54-58-62-68(73)67(66-72)71-69(74)63-59-55-51-47-43-39-35-32-33-37-41-45-49-53-57-61-65-76-70(75)64-60-56-52-48-44-40-36-31-28-22-20-18-16-14-12-10-8-6-4-2/h18,20,32,35,67-68,72-73H,3-17,19,21-31,33-34,36-66H2,1-2H3,(H,71,74)/b20-18-,35-32-. The fourth-order valence-electron chi connectivity index (χ4n) is 10.9. The van der Waals surface area contributed by atoms with Crippen LogP contribution in [-0.2, 0) is 14.3 Å². The van der Waals surface area contributed by atoms with Crippen LogP contribution in [0.2, 0.25) is 0 Å². The fraction of sp³-hybridized carbons (Fsp3) is 0.914. The number of aliphatic hydroxyl groups is 2. The van der Waals surface area contributed by atoms with Gasteiger partial charge in [-0.05, 0) is 77.0 Å². The van der Waals surface area contributed by atoms with E-state index in [0.717, 1.165) is 64.2 Å². The Kier molecular flexibility index (Phi) is 64.4. The highest BCUT2D eigenvalue weighted by molar-refractivity contribution is 5.76. The molecule has 0 aliphatic carbocycles. The van der Waals surface area contributed by atoms with Gasteiger partial charge in [-0.15, -0.1) is 0 Å². The second-order valence-electron chi connectivity index (χ2n) is 23.9. The van der Waals surface area contributed by atoms with Crippen LogP contribution in [0.4, 0.5) is 0 Å². The Morgan fingerprint density at radius 3 is 0.934 bits per heavy atom. The molecule has 0 fully saturated rings. The quantitative estimate of drug-likeness (QED) is 0.0320. The second-order valence-corrected chi connectivity index (χ2v) is 23.9. The minimum absolute atomic E-state index is 0.00200. The molecule has 0 spiro atoms. The Hall–Kier alpha value is -1.66. The zero-order chi connectivity index (χ0) is 55.0. The Labute approximate surface area is 475 Å². The molecule has 0 radical (unpaired) electrons. The topological polar surface area (TPSA) is 95.9 Å². The molecule has 0 heterocycles. The average Bonchev–Trinajstić information content (AvgIpc) is 3.42. The summed E-state index contributed by atoms with van der Waals surface area (Å²) in [6.45, 7) is 4.96. The van der Waals surface area contributed by atoms with Crippen molar-refractivity contribution in [3.63, 3.8) is 0 Å². The smallest absolute Gasteiger partial charge is 0.305 e. The van der Waals surface area contributed by atoms with Crippen molar-refractivity contribution in [1.82, 2.24) is 5.32 Å². The van der Waals surface area contributed by atoms with E-state index in [1.807, 2.05) is 0 Å². The van der Waals surface area contributed by atoms with Gasteiger partial charge in [0.05, 0.1) is 25.4 Å². The van der Waals surface area contributed by atoms with Crippen LogP contribution in [0.25, 0.3) is 0 Å². The van der Waals surface area contributed by atoms with Gasteiger partial charge in [0.25, 0.3) is 0 Å². The molecule has 2 unspecified atom stereocenters. The molecular weight excluding hydrogens is 935 g/mol. The van der Waals surface area contributed by atoms with Gasteiger partial charge in [0.2, 0.25) is 5.91 Å². The lowest BCUT2D eigenvalue weighted by Gasteiger charge is -2.22. The van der Waals surface area contributed by atoms with Crippen molar-refractivity contribution >= 4 is 11.9 Å². The van der Waals surface area contributed by atoms with E-state index in [1.54, 1.807) is 0 Å². The van der Waals surface area contributed by atoms with Gasteiger partial charge in [0.15, 0.2) is 0 Å². The monoisotopic (exact) mass is 1070 g/mol. The van der Waals surface area contributed by atoms with Crippen molar-refractivity contribution in [1.29, 1.82) is 0 Å². The number of hydrogen-bond acceptors (Lipinski definition) is 5. The van der Waals surface area contributed by atoms with Gasteiger partial charge in [-0.3, -0.25) is 9.59 Å². The molecule has 0 aliphatic heterocycles. The SMILES string of the molecule is CCCCCCCC/C=C\CCCCCCCCCCCC(=O)OCCCCCCCCC/C=C\CCCCCCCC(=O)NC(CO)C(O)CCCCCCCCCCCCCCCCCCCCCCCCCC. The molecular formula is C70H135NO5. The van der Waals surface area contributed by atoms with Crippen molar-refractivity contribution in [3.8, 4) is 0 Å². The maximum atomic E-state index is 12.5. The van der Waals surface area contributed by atoms with Crippen LogP contribution >= 0.6 is 0 Å². The van der Waals surface area contributed by atoms with Crippen molar-refractivity contribution < 1.29 is 24.5 Å². The lowest BCUT2D eigenvalue weighted by Crippen LogP contribution is -2.45. The van der Waals surface area contributed by atoms with E-state index in [9.17, 15) is 19.8 Å². The molecule has 0 aliphatic rings. The summed E-state index contributed by atoms with van der Waals surface area (Å²) in [5, 5.41) is 23.4. The van der Waals surface area contributed by atoms with Crippen LogP contribution in [0, 0.1) is 0 Å². The van der Waals surface area contributed by atoms with E-state index in [-0.39, 0.29) is 18.5 Å². The third-order valence-corrected chi connectivity index (χ3v) is 16.2. The number of rotatable bonds is 65. The summed E-state index contributed by atoms with van der Waals surface area (Å²) in [6.07, 6.45) is 82.1. The number of nitrogens with one attached hydrogen (secondary N) is 1. The van der Waals surface area contributed by atoms with Gasteiger partial charge >= 0.3 is 5.97 Å². The van der Waals surface area contributed by atoms with Gasteiger partial charge < -0.3 is 20.3 Å². The molecule has 0 aromatic carbocycles. The molecule has 450 valence electrons. The summed E-state index contributed by atoms with van der Waals surface area (Å²) in [5.41, 5.74) is 0. The van der Waals surface area contributed by atoms with Crippen molar-refractivity contribution in [3.05, 3.63) is 24.3 Å².